The van der Waals surface area contributed by atoms with E-state index in [-0.39, 0.29) is 34.4 Å². The number of rotatable bonds is 2. The van der Waals surface area contributed by atoms with Crippen LogP contribution in [0.4, 0.5) is 0 Å². The Morgan fingerprint density at radius 3 is 2.27 bits per heavy atom. The third-order valence-corrected chi connectivity index (χ3v) is 5.51. The zero-order valence-corrected chi connectivity index (χ0v) is 13.5. The molecule has 4 heteroatoms. The van der Waals surface area contributed by atoms with E-state index < -0.39 is 0 Å². The van der Waals surface area contributed by atoms with E-state index in [9.17, 15) is 9.59 Å². The van der Waals surface area contributed by atoms with Crippen LogP contribution in [0.1, 0.15) is 39.0 Å². The van der Waals surface area contributed by atoms with Crippen LogP contribution in [0.15, 0.2) is 34.8 Å². The lowest BCUT2D eigenvalue weighted by Crippen LogP contribution is -2.41. The molecule has 0 aromatic rings. The fourth-order valence-electron chi connectivity index (χ4n) is 4.30. The van der Waals surface area contributed by atoms with Crippen molar-refractivity contribution in [2.24, 2.45) is 11.3 Å². The van der Waals surface area contributed by atoms with E-state index in [4.69, 9.17) is 9.47 Å². The first kappa shape index (κ1) is 15.1. The summed E-state index contributed by atoms with van der Waals surface area (Å²) < 4.78 is 10.3. The van der Waals surface area contributed by atoms with Crippen molar-refractivity contribution in [3.05, 3.63) is 34.8 Å². The second-order valence-electron chi connectivity index (χ2n) is 6.78. The number of ether oxygens (including phenoxy) is 2. The predicted molar refractivity (Wildman–Crippen MR) is 81.9 cm³/mol. The molecule has 4 nitrogen and oxygen atoms in total. The summed E-state index contributed by atoms with van der Waals surface area (Å²) in [4.78, 5) is 25.4. The summed E-state index contributed by atoms with van der Waals surface area (Å²) in [7, 11) is 2.80. The molecule has 0 N–H and O–H groups in total. The van der Waals surface area contributed by atoms with Crippen LogP contribution >= 0.6 is 0 Å². The summed E-state index contributed by atoms with van der Waals surface area (Å²) in [5.41, 5.74) is 2.46. The maximum Gasteiger partial charge on any atom is 0.228 e. The minimum absolute atomic E-state index is 0.0214. The first-order valence-electron chi connectivity index (χ1n) is 7.74. The maximum atomic E-state index is 12.7. The van der Waals surface area contributed by atoms with Crippen LogP contribution in [-0.2, 0) is 19.1 Å². The molecule has 0 bridgehead atoms. The lowest BCUT2D eigenvalue weighted by molar-refractivity contribution is -0.122. The molecular formula is C18H22O4. The first-order chi connectivity index (χ1) is 10.4. The topological polar surface area (TPSA) is 52.6 Å². The molecule has 1 fully saturated rings. The SMILES string of the molecule is C=C1CCC[C@]2(C)CC3=C(C[C@@H]12)C(=O)C(OC)=C(OC)C3=O. The fraction of sp³-hybridized carbons (Fsp3) is 0.556. The van der Waals surface area contributed by atoms with Gasteiger partial charge in [0.15, 0.2) is 0 Å². The average molecular weight is 302 g/mol. The summed E-state index contributed by atoms with van der Waals surface area (Å²) in [5.74, 6) is -0.0302. The van der Waals surface area contributed by atoms with Crippen LogP contribution in [0, 0.1) is 11.3 Å². The average Bonchev–Trinajstić information content (AvgIpc) is 2.49. The number of Topliss-reactive ketones (excluding diaryl/α,β-unsaturated/α-hetero) is 2. The smallest absolute Gasteiger partial charge is 0.228 e. The Kier molecular flexibility index (Phi) is 3.50. The quantitative estimate of drug-likeness (QED) is 0.581. The Hall–Kier alpha value is -1.84. The third kappa shape index (κ3) is 1.97. The van der Waals surface area contributed by atoms with E-state index in [1.54, 1.807) is 0 Å². The zero-order valence-electron chi connectivity index (χ0n) is 13.5. The van der Waals surface area contributed by atoms with Gasteiger partial charge in [-0.05, 0) is 43.4 Å². The van der Waals surface area contributed by atoms with Crippen LogP contribution < -0.4 is 0 Å². The van der Waals surface area contributed by atoms with Gasteiger partial charge in [0.05, 0.1) is 14.2 Å². The number of allylic oxidation sites excluding steroid dienone is 3. The number of hydrogen-bond donors (Lipinski definition) is 0. The predicted octanol–water partition coefficient (Wildman–Crippen LogP) is 3.10. The Labute approximate surface area is 130 Å². The summed E-state index contributed by atoms with van der Waals surface area (Å²) in [6.07, 6.45) is 4.41. The molecule has 3 rings (SSSR count). The zero-order chi connectivity index (χ0) is 16.1. The Morgan fingerprint density at radius 1 is 1.09 bits per heavy atom. The summed E-state index contributed by atoms with van der Waals surface area (Å²) in [5, 5.41) is 0. The lowest BCUT2D eigenvalue weighted by Gasteiger charge is -2.47. The van der Waals surface area contributed by atoms with Crippen LogP contribution in [0.25, 0.3) is 0 Å². The van der Waals surface area contributed by atoms with Crippen molar-refractivity contribution in [2.45, 2.75) is 39.0 Å². The van der Waals surface area contributed by atoms with Crippen molar-refractivity contribution in [3.8, 4) is 0 Å². The Balaban J connectivity index is 2.07. The van der Waals surface area contributed by atoms with Crippen molar-refractivity contribution >= 4 is 11.6 Å². The van der Waals surface area contributed by atoms with Gasteiger partial charge in [-0.2, -0.15) is 0 Å². The number of methoxy groups -OCH3 is 2. The van der Waals surface area contributed by atoms with Crippen molar-refractivity contribution in [1.29, 1.82) is 0 Å². The number of ketones is 2. The van der Waals surface area contributed by atoms with Gasteiger partial charge in [0.25, 0.3) is 0 Å². The highest BCUT2D eigenvalue weighted by Gasteiger charge is 2.49. The molecule has 2 atom stereocenters. The van der Waals surface area contributed by atoms with Gasteiger partial charge in [0.2, 0.25) is 23.1 Å². The number of hydrogen-bond acceptors (Lipinski definition) is 4. The molecule has 1 saturated carbocycles. The standard InChI is InChI=1S/C18H22O4/c1-10-6-5-7-18(2)9-12-11(8-13(10)18)14(19)16(21-3)17(22-4)15(12)20/h13H,1,5-9H2,2-4H3/t13-,18+/m0/s1. The second kappa shape index (κ2) is 5.11. The lowest BCUT2D eigenvalue weighted by atomic mass is 9.56. The van der Waals surface area contributed by atoms with Gasteiger partial charge in [-0.15, -0.1) is 0 Å². The van der Waals surface area contributed by atoms with Gasteiger partial charge in [-0.1, -0.05) is 19.1 Å². The molecule has 0 spiro atoms. The Morgan fingerprint density at radius 2 is 1.68 bits per heavy atom. The van der Waals surface area contributed by atoms with Gasteiger partial charge in [-0.25, -0.2) is 0 Å². The normalized spacial score (nSPS) is 32.0. The first-order valence-corrected chi connectivity index (χ1v) is 7.74. The van der Waals surface area contributed by atoms with Gasteiger partial charge in [0.1, 0.15) is 0 Å². The molecule has 0 aromatic heterocycles. The third-order valence-electron chi connectivity index (χ3n) is 5.51. The molecular weight excluding hydrogens is 280 g/mol. The molecule has 0 aromatic carbocycles. The fourth-order valence-corrected chi connectivity index (χ4v) is 4.30. The molecule has 3 aliphatic rings. The number of carbonyl (C=O) groups excluding carboxylic acids is 2. The van der Waals surface area contributed by atoms with Crippen molar-refractivity contribution in [3.63, 3.8) is 0 Å². The minimum atomic E-state index is -0.200. The van der Waals surface area contributed by atoms with Gasteiger partial charge >= 0.3 is 0 Å². The van der Waals surface area contributed by atoms with E-state index in [1.165, 1.54) is 19.8 Å². The molecule has 3 aliphatic carbocycles. The monoisotopic (exact) mass is 302 g/mol. The van der Waals surface area contributed by atoms with Crippen molar-refractivity contribution in [2.75, 3.05) is 14.2 Å². The largest absolute Gasteiger partial charge is 0.489 e. The van der Waals surface area contributed by atoms with Crippen LogP contribution in [0.2, 0.25) is 0 Å². The molecule has 118 valence electrons. The molecule has 0 unspecified atom stereocenters. The van der Waals surface area contributed by atoms with Crippen LogP contribution in [0.5, 0.6) is 0 Å². The van der Waals surface area contributed by atoms with Crippen LogP contribution in [0.3, 0.4) is 0 Å². The summed E-state index contributed by atoms with van der Waals surface area (Å²) in [6, 6.07) is 0. The second-order valence-corrected chi connectivity index (χ2v) is 6.78. The highest BCUT2D eigenvalue weighted by molar-refractivity contribution is 6.23. The van der Waals surface area contributed by atoms with E-state index in [2.05, 4.69) is 13.5 Å². The molecule has 0 amide bonds. The molecule has 0 aliphatic heterocycles. The molecule has 0 radical (unpaired) electrons. The maximum absolute atomic E-state index is 12.7. The molecule has 22 heavy (non-hydrogen) atoms. The van der Waals surface area contributed by atoms with E-state index in [0.29, 0.717) is 24.0 Å². The number of carbonyl (C=O) groups is 2. The van der Waals surface area contributed by atoms with E-state index >= 15 is 0 Å². The van der Waals surface area contributed by atoms with Gasteiger partial charge < -0.3 is 9.47 Å². The molecule has 0 heterocycles. The number of fused-ring (bicyclic) bond motifs is 1. The van der Waals surface area contributed by atoms with E-state index in [1.807, 2.05) is 0 Å². The summed E-state index contributed by atoms with van der Waals surface area (Å²) in [6.45, 7) is 6.42. The van der Waals surface area contributed by atoms with Gasteiger partial charge in [0, 0.05) is 11.1 Å². The van der Waals surface area contributed by atoms with Crippen molar-refractivity contribution < 1.29 is 19.1 Å². The van der Waals surface area contributed by atoms with Gasteiger partial charge in [-0.3, -0.25) is 9.59 Å². The summed E-state index contributed by atoms with van der Waals surface area (Å²) >= 11 is 0. The highest BCUT2D eigenvalue weighted by atomic mass is 16.5. The van der Waals surface area contributed by atoms with E-state index in [0.717, 1.165) is 19.3 Å². The van der Waals surface area contributed by atoms with Crippen molar-refractivity contribution in [1.82, 2.24) is 0 Å². The highest BCUT2D eigenvalue weighted by Crippen LogP contribution is 2.55. The van der Waals surface area contributed by atoms with Crippen LogP contribution in [-0.4, -0.2) is 25.8 Å². The molecule has 0 saturated heterocycles. The Bertz CT molecular complexity index is 637. The minimum Gasteiger partial charge on any atom is -0.489 e.